The van der Waals surface area contributed by atoms with Gasteiger partial charge >= 0.3 is 0 Å². The van der Waals surface area contributed by atoms with Crippen molar-refractivity contribution in [3.8, 4) is 0 Å². The summed E-state index contributed by atoms with van der Waals surface area (Å²) < 4.78 is 0. The minimum absolute atomic E-state index is 0.117. The second kappa shape index (κ2) is 4.25. The van der Waals surface area contributed by atoms with E-state index in [0.717, 1.165) is 19.6 Å². The molecule has 1 rings (SSSR count). The van der Waals surface area contributed by atoms with Crippen LogP contribution in [0.4, 0.5) is 0 Å². The van der Waals surface area contributed by atoms with Crippen molar-refractivity contribution in [3.05, 3.63) is 12.2 Å². The summed E-state index contributed by atoms with van der Waals surface area (Å²) in [6, 6.07) is 0. The molecule has 0 spiro atoms. The van der Waals surface area contributed by atoms with Crippen molar-refractivity contribution in [2.75, 3.05) is 19.6 Å². The molecule has 0 aromatic heterocycles. The van der Waals surface area contributed by atoms with Gasteiger partial charge in [-0.3, -0.25) is 4.90 Å². The van der Waals surface area contributed by atoms with Crippen molar-refractivity contribution in [2.45, 2.75) is 38.6 Å². The van der Waals surface area contributed by atoms with Gasteiger partial charge in [0.25, 0.3) is 0 Å². The van der Waals surface area contributed by atoms with Crippen LogP contribution in [0, 0.1) is 0 Å². The fourth-order valence-corrected chi connectivity index (χ4v) is 1.90. The van der Waals surface area contributed by atoms with Crippen LogP contribution in [0.5, 0.6) is 0 Å². The molecule has 76 valence electrons. The highest BCUT2D eigenvalue weighted by molar-refractivity contribution is 4.98. The van der Waals surface area contributed by atoms with Crippen molar-refractivity contribution in [2.24, 2.45) is 5.73 Å². The first-order valence-electron chi connectivity index (χ1n) is 5.21. The lowest BCUT2D eigenvalue weighted by Gasteiger charge is -2.41. The lowest BCUT2D eigenvalue weighted by atomic mass is 9.77. The van der Waals surface area contributed by atoms with E-state index in [9.17, 15) is 0 Å². The number of nitrogens with two attached hydrogens (primary N) is 1. The molecule has 2 nitrogen and oxygen atoms in total. The third kappa shape index (κ3) is 3.12. The third-order valence-corrected chi connectivity index (χ3v) is 2.83. The van der Waals surface area contributed by atoms with Gasteiger partial charge in [-0.1, -0.05) is 19.1 Å². The van der Waals surface area contributed by atoms with Crippen LogP contribution < -0.4 is 5.73 Å². The Kier molecular flexibility index (Phi) is 3.51. The molecule has 2 heteroatoms. The van der Waals surface area contributed by atoms with Crippen molar-refractivity contribution in [1.29, 1.82) is 0 Å². The quantitative estimate of drug-likeness (QED) is 0.657. The molecule has 0 bridgehead atoms. The number of likely N-dealkylation sites (N-methyl/N-ethyl adjacent to an activating group) is 1. The Labute approximate surface area is 81.8 Å². The molecule has 13 heavy (non-hydrogen) atoms. The van der Waals surface area contributed by atoms with E-state index in [1.54, 1.807) is 0 Å². The van der Waals surface area contributed by atoms with Gasteiger partial charge in [0.1, 0.15) is 0 Å². The van der Waals surface area contributed by atoms with E-state index in [-0.39, 0.29) is 5.54 Å². The summed E-state index contributed by atoms with van der Waals surface area (Å²) in [6.07, 6.45) is 3.69. The molecule has 0 aromatic carbocycles. The Morgan fingerprint density at radius 2 is 2.15 bits per heavy atom. The van der Waals surface area contributed by atoms with E-state index in [2.05, 4.69) is 25.3 Å². The fraction of sp³-hybridized carbons (Fsp3) is 0.818. The molecular weight excluding hydrogens is 160 g/mol. The Morgan fingerprint density at radius 3 is 2.46 bits per heavy atom. The SMILES string of the molecule is C=C(C)CN(CC)CC1(N)CCC1. The minimum Gasteiger partial charge on any atom is -0.324 e. The van der Waals surface area contributed by atoms with Crippen molar-refractivity contribution < 1.29 is 0 Å². The predicted molar refractivity (Wildman–Crippen MR) is 57.7 cm³/mol. The second-order valence-corrected chi connectivity index (χ2v) is 4.48. The van der Waals surface area contributed by atoms with Crippen LogP contribution in [-0.4, -0.2) is 30.1 Å². The summed E-state index contributed by atoms with van der Waals surface area (Å²) in [4.78, 5) is 2.39. The molecule has 0 amide bonds. The molecule has 0 heterocycles. The summed E-state index contributed by atoms with van der Waals surface area (Å²) in [7, 11) is 0. The maximum absolute atomic E-state index is 6.18. The van der Waals surface area contributed by atoms with E-state index < -0.39 is 0 Å². The first-order chi connectivity index (χ1) is 6.06. The molecule has 0 aliphatic heterocycles. The Balaban J connectivity index is 2.34. The summed E-state index contributed by atoms with van der Waals surface area (Å²) in [6.45, 7) is 11.3. The van der Waals surface area contributed by atoms with Gasteiger partial charge in [0.05, 0.1) is 0 Å². The summed E-state index contributed by atoms with van der Waals surface area (Å²) in [5.74, 6) is 0. The average Bonchev–Trinajstić information content (AvgIpc) is 1.99. The van der Waals surface area contributed by atoms with Crippen LogP contribution >= 0.6 is 0 Å². The number of rotatable bonds is 5. The van der Waals surface area contributed by atoms with E-state index in [1.807, 2.05) is 0 Å². The normalized spacial score (nSPS) is 20.0. The average molecular weight is 182 g/mol. The first kappa shape index (κ1) is 10.7. The van der Waals surface area contributed by atoms with E-state index >= 15 is 0 Å². The smallest absolute Gasteiger partial charge is 0.0283 e. The number of hydrogen-bond donors (Lipinski definition) is 1. The molecule has 2 N–H and O–H groups in total. The molecule has 0 aromatic rings. The Morgan fingerprint density at radius 1 is 1.54 bits per heavy atom. The zero-order valence-corrected chi connectivity index (χ0v) is 8.97. The zero-order chi connectivity index (χ0) is 9.90. The molecular formula is C11H22N2. The van der Waals surface area contributed by atoms with Crippen molar-refractivity contribution in [1.82, 2.24) is 4.90 Å². The predicted octanol–water partition coefficient (Wildman–Crippen LogP) is 1.77. The lowest BCUT2D eigenvalue weighted by Crippen LogP contribution is -2.55. The van der Waals surface area contributed by atoms with E-state index in [1.165, 1.54) is 24.8 Å². The van der Waals surface area contributed by atoms with Gasteiger partial charge < -0.3 is 5.73 Å². The number of hydrogen-bond acceptors (Lipinski definition) is 2. The second-order valence-electron chi connectivity index (χ2n) is 4.48. The lowest BCUT2D eigenvalue weighted by molar-refractivity contribution is 0.157. The maximum atomic E-state index is 6.18. The topological polar surface area (TPSA) is 29.3 Å². The Hall–Kier alpha value is -0.340. The van der Waals surface area contributed by atoms with Crippen LogP contribution in [0.3, 0.4) is 0 Å². The molecule has 1 aliphatic carbocycles. The molecule has 0 saturated heterocycles. The first-order valence-corrected chi connectivity index (χ1v) is 5.21. The van der Waals surface area contributed by atoms with Crippen LogP contribution in [0.2, 0.25) is 0 Å². The van der Waals surface area contributed by atoms with Gasteiger partial charge in [-0.2, -0.15) is 0 Å². The van der Waals surface area contributed by atoms with Gasteiger partial charge in [-0.15, -0.1) is 0 Å². The molecule has 1 aliphatic rings. The monoisotopic (exact) mass is 182 g/mol. The van der Waals surface area contributed by atoms with Gasteiger partial charge in [0.15, 0.2) is 0 Å². The molecule has 0 atom stereocenters. The van der Waals surface area contributed by atoms with Gasteiger partial charge in [0, 0.05) is 18.6 Å². The highest BCUT2D eigenvalue weighted by Gasteiger charge is 2.33. The van der Waals surface area contributed by atoms with Gasteiger partial charge in [0.2, 0.25) is 0 Å². The van der Waals surface area contributed by atoms with Crippen molar-refractivity contribution >= 4 is 0 Å². The summed E-state index contributed by atoms with van der Waals surface area (Å²) in [5.41, 5.74) is 7.53. The van der Waals surface area contributed by atoms with E-state index in [4.69, 9.17) is 5.73 Å². The molecule has 0 radical (unpaired) electrons. The van der Waals surface area contributed by atoms with Crippen LogP contribution in [-0.2, 0) is 0 Å². The Bertz CT molecular complexity index is 183. The van der Waals surface area contributed by atoms with Gasteiger partial charge in [-0.05, 0) is 32.7 Å². The van der Waals surface area contributed by atoms with Gasteiger partial charge in [-0.25, -0.2) is 0 Å². The molecule has 0 unspecified atom stereocenters. The van der Waals surface area contributed by atoms with Crippen LogP contribution in [0.15, 0.2) is 12.2 Å². The fourth-order valence-electron chi connectivity index (χ4n) is 1.90. The highest BCUT2D eigenvalue weighted by atomic mass is 15.1. The van der Waals surface area contributed by atoms with Crippen LogP contribution in [0.25, 0.3) is 0 Å². The highest BCUT2D eigenvalue weighted by Crippen LogP contribution is 2.29. The maximum Gasteiger partial charge on any atom is 0.0283 e. The third-order valence-electron chi connectivity index (χ3n) is 2.83. The molecule has 1 fully saturated rings. The summed E-state index contributed by atoms with van der Waals surface area (Å²) >= 11 is 0. The minimum atomic E-state index is 0.117. The standard InChI is InChI=1S/C11H22N2/c1-4-13(8-10(2)3)9-11(12)6-5-7-11/h2,4-9,12H2,1,3H3. The largest absolute Gasteiger partial charge is 0.324 e. The van der Waals surface area contributed by atoms with Crippen molar-refractivity contribution in [3.63, 3.8) is 0 Å². The molecule has 1 saturated carbocycles. The van der Waals surface area contributed by atoms with E-state index in [0.29, 0.717) is 0 Å². The zero-order valence-electron chi connectivity index (χ0n) is 8.97. The summed E-state index contributed by atoms with van der Waals surface area (Å²) in [5, 5.41) is 0. The number of nitrogens with zero attached hydrogens (tertiary/aromatic N) is 1. The van der Waals surface area contributed by atoms with Crippen LogP contribution in [0.1, 0.15) is 33.1 Å².